The van der Waals surface area contributed by atoms with Crippen LogP contribution in [0, 0.1) is 5.92 Å². The molecule has 0 heterocycles. The number of aliphatic hydroxyl groups is 1. The molecule has 0 bridgehead atoms. The van der Waals surface area contributed by atoms with Gasteiger partial charge in [0.2, 0.25) is 0 Å². The normalized spacial score (nSPS) is 15.7. The molecular weight excluding hydrogens is 252 g/mol. The van der Waals surface area contributed by atoms with Crippen molar-refractivity contribution >= 4 is 6.03 Å². The minimum Gasteiger partial charge on any atom is -0.393 e. The molecule has 1 atom stereocenters. The monoisotopic (exact) mass is 276 g/mol. The Balaban J connectivity index is 1.47. The summed E-state index contributed by atoms with van der Waals surface area (Å²) in [5.41, 5.74) is 1.29. The molecule has 1 aromatic rings. The molecule has 3 N–H and O–H groups in total. The molecule has 0 aromatic heterocycles. The lowest BCUT2D eigenvalue weighted by Crippen LogP contribution is -2.37. The zero-order valence-corrected chi connectivity index (χ0v) is 11.8. The predicted molar refractivity (Wildman–Crippen MR) is 79.5 cm³/mol. The van der Waals surface area contributed by atoms with Crippen molar-refractivity contribution in [1.82, 2.24) is 10.6 Å². The van der Waals surface area contributed by atoms with Crippen LogP contribution in [0.15, 0.2) is 30.3 Å². The lowest BCUT2D eigenvalue weighted by atomic mass is 10.1. The van der Waals surface area contributed by atoms with E-state index in [0.717, 1.165) is 25.7 Å². The maximum atomic E-state index is 11.5. The zero-order valence-electron chi connectivity index (χ0n) is 11.8. The second-order valence-electron chi connectivity index (χ2n) is 5.47. The predicted octanol–water partition coefficient (Wildman–Crippen LogP) is 2.08. The van der Waals surface area contributed by atoms with Crippen molar-refractivity contribution in [3.05, 3.63) is 35.9 Å². The first-order valence-corrected chi connectivity index (χ1v) is 7.49. The lowest BCUT2D eigenvalue weighted by Gasteiger charge is -2.10. The Labute approximate surface area is 120 Å². The zero-order chi connectivity index (χ0) is 14.2. The molecule has 0 spiro atoms. The van der Waals surface area contributed by atoms with Crippen molar-refractivity contribution in [3.8, 4) is 0 Å². The van der Waals surface area contributed by atoms with E-state index in [9.17, 15) is 9.90 Å². The largest absolute Gasteiger partial charge is 0.393 e. The summed E-state index contributed by atoms with van der Waals surface area (Å²) in [5.74, 6) is 0.478. The van der Waals surface area contributed by atoms with E-state index >= 15 is 0 Å². The van der Waals surface area contributed by atoms with E-state index in [-0.39, 0.29) is 12.1 Å². The molecule has 1 saturated carbocycles. The van der Waals surface area contributed by atoms with Gasteiger partial charge in [0.25, 0.3) is 0 Å². The Morgan fingerprint density at radius 2 is 1.90 bits per heavy atom. The lowest BCUT2D eigenvalue weighted by molar-refractivity contribution is 0.141. The highest BCUT2D eigenvalue weighted by atomic mass is 16.3. The number of rotatable bonds is 8. The number of carbonyl (C=O) groups excluding carboxylic acids is 1. The maximum Gasteiger partial charge on any atom is 0.314 e. The van der Waals surface area contributed by atoms with Gasteiger partial charge in [-0.2, -0.15) is 0 Å². The highest BCUT2D eigenvalue weighted by Gasteiger charge is 2.29. The topological polar surface area (TPSA) is 61.4 Å². The van der Waals surface area contributed by atoms with E-state index in [4.69, 9.17) is 0 Å². The van der Waals surface area contributed by atoms with E-state index < -0.39 is 0 Å². The second kappa shape index (κ2) is 7.90. The molecule has 1 aliphatic carbocycles. The van der Waals surface area contributed by atoms with Crippen LogP contribution in [0.4, 0.5) is 4.79 Å². The van der Waals surface area contributed by atoms with Crippen LogP contribution in [0.3, 0.4) is 0 Å². The first-order chi connectivity index (χ1) is 9.75. The number of aryl methyl sites for hydroxylation is 1. The third kappa shape index (κ3) is 5.61. The molecule has 110 valence electrons. The quantitative estimate of drug-likeness (QED) is 0.637. The van der Waals surface area contributed by atoms with Crippen LogP contribution in [-0.4, -0.2) is 30.3 Å². The van der Waals surface area contributed by atoms with Crippen molar-refractivity contribution in [1.29, 1.82) is 0 Å². The summed E-state index contributed by atoms with van der Waals surface area (Å²) in [5, 5.41) is 15.3. The van der Waals surface area contributed by atoms with Gasteiger partial charge in [-0.3, -0.25) is 0 Å². The summed E-state index contributed by atoms with van der Waals surface area (Å²) in [6.45, 7) is 1.22. The smallest absolute Gasteiger partial charge is 0.314 e. The third-order valence-corrected chi connectivity index (χ3v) is 3.66. The minimum atomic E-state index is -0.242. The average molecular weight is 276 g/mol. The van der Waals surface area contributed by atoms with Crippen LogP contribution in [-0.2, 0) is 6.42 Å². The SMILES string of the molecule is O=C(NCCCc1ccccc1)NCC[C@@H](O)C1CC1. The number of aliphatic hydroxyl groups excluding tert-OH is 1. The van der Waals surface area contributed by atoms with Gasteiger partial charge in [0.15, 0.2) is 0 Å². The van der Waals surface area contributed by atoms with Crippen molar-refractivity contribution in [3.63, 3.8) is 0 Å². The van der Waals surface area contributed by atoms with Crippen LogP contribution in [0.1, 0.15) is 31.2 Å². The molecule has 4 nitrogen and oxygen atoms in total. The van der Waals surface area contributed by atoms with Gasteiger partial charge in [0.05, 0.1) is 6.10 Å². The van der Waals surface area contributed by atoms with Gasteiger partial charge < -0.3 is 15.7 Å². The summed E-state index contributed by atoms with van der Waals surface area (Å²) in [6, 6.07) is 10.1. The summed E-state index contributed by atoms with van der Waals surface area (Å²) in [6.07, 6.45) is 4.58. The summed E-state index contributed by atoms with van der Waals surface area (Å²) >= 11 is 0. The van der Waals surface area contributed by atoms with Gasteiger partial charge >= 0.3 is 6.03 Å². The Bertz CT molecular complexity index is 404. The van der Waals surface area contributed by atoms with E-state index in [1.54, 1.807) is 0 Å². The molecule has 1 fully saturated rings. The highest BCUT2D eigenvalue weighted by molar-refractivity contribution is 5.73. The number of nitrogens with one attached hydrogen (secondary N) is 2. The average Bonchev–Trinajstić information content (AvgIpc) is 3.29. The molecule has 0 unspecified atom stereocenters. The Hall–Kier alpha value is -1.55. The number of hydrogen-bond donors (Lipinski definition) is 3. The fourth-order valence-electron chi connectivity index (χ4n) is 2.25. The molecule has 2 rings (SSSR count). The summed E-state index contributed by atoms with van der Waals surface area (Å²) in [7, 11) is 0. The van der Waals surface area contributed by atoms with Crippen LogP contribution >= 0.6 is 0 Å². The number of hydrogen-bond acceptors (Lipinski definition) is 2. The van der Waals surface area contributed by atoms with Crippen LogP contribution in [0.2, 0.25) is 0 Å². The molecule has 2 amide bonds. The minimum absolute atomic E-state index is 0.138. The van der Waals surface area contributed by atoms with E-state index in [1.165, 1.54) is 5.56 Å². The Kier molecular flexibility index (Phi) is 5.87. The van der Waals surface area contributed by atoms with E-state index in [1.807, 2.05) is 18.2 Å². The molecule has 0 saturated heterocycles. The van der Waals surface area contributed by atoms with Crippen LogP contribution < -0.4 is 10.6 Å². The van der Waals surface area contributed by atoms with Gasteiger partial charge in [-0.25, -0.2) is 4.79 Å². The summed E-state index contributed by atoms with van der Waals surface area (Å²) < 4.78 is 0. The number of urea groups is 1. The first kappa shape index (κ1) is 14.9. The fourth-order valence-corrected chi connectivity index (χ4v) is 2.25. The van der Waals surface area contributed by atoms with Gasteiger partial charge in [0.1, 0.15) is 0 Å². The van der Waals surface area contributed by atoms with E-state index in [2.05, 4.69) is 22.8 Å². The van der Waals surface area contributed by atoms with Crippen molar-refractivity contribution in [2.24, 2.45) is 5.92 Å². The maximum absolute atomic E-state index is 11.5. The van der Waals surface area contributed by atoms with Crippen LogP contribution in [0.25, 0.3) is 0 Å². The number of benzene rings is 1. The fraction of sp³-hybridized carbons (Fsp3) is 0.562. The number of carbonyl (C=O) groups is 1. The Morgan fingerprint density at radius 3 is 2.60 bits per heavy atom. The highest BCUT2D eigenvalue weighted by Crippen LogP contribution is 2.33. The molecule has 1 aliphatic rings. The third-order valence-electron chi connectivity index (χ3n) is 3.66. The number of amides is 2. The molecule has 1 aromatic carbocycles. The van der Waals surface area contributed by atoms with Gasteiger partial charge in [-0.15, -0.1) is 0 Å². The Morgan fingerprint density at radius 1 is 1.20 bits per heavy atom. The van der Waals surface area contributed by atoms with Crippen molar-refractivity contribution in [2.45, 2.75) is 38.2 Å². The molecule has 0 aliphatic heterocycles. The van der Waals surface area contributed by atoms with Gasteiger partial charge in [-0.1, -0.05) is 30.3 Å². The first-order valence-electron chi connectivity index (χ1n) is 7.49. The van der Waals surface area contributed by atoms with Crippen molar-refractivity contribution < 1.29 is 9.90 Å². The second-order valence-corrected chi connectivity index (χ2v) is 5.47. The van der Waals surface area contributed by atoms with Crippen molar-refractivity contribution in [2.75, 3.05) is 13.1 Å². The van der Waals surface area contributed by atoms with E-state index in [0.29, 0.717) is 25.4 Å². The summed E-state index contributed by atoms with van der Waals surface area (Å²) in [4.78, 5) is 11.5. The van der Waals surface area contributed by atoms with Crippen LogP contribution in [0.5, 0.6) is 0 Å². The molecule has 20 heavy (non-hydrogen) atoms. The molecule has 4 heteroatoms. The van der Waals surface area contributed by atoms with Gasteiger partial charge in [-0.05, 0) is 43.6 Å². The molecule has 0 radical (unpaired) electrons. The standard InChI is InChI=1S/C16H24N2O2/c19-15(14-8-9-14)10-12-18-16(20)17-11-4-7-13-5-2-1-3-6-13/h1-3,5-6,14-15,19H,4,7-12H2,(H2,17,18,20)/t15-/m1/s1. The molecular formula is C16H24N2O2. The van der Waals surface area contributed by atoms with Gasteiger partial charge in [0, 0.05) is 13.1 Å².